The highest BCUT2D eigenvalue weighted by Crippen LogP contribution is 2.30. The van der Waals surface area contributed by atoms with E-state index < -0.39 is 94.5 Å². The summed E-state index contributed by atoms with van der Waals surface area (Å²) in [6, 6.07) is -1.29. The zero-order valence-electron chi connectivity index (χ0n) is 20.2. The van der Waals surface area contributed by atoms with E-state index in [9.17, 15) is 49.9 Å². The Morgan fingerprint density at radius 2 is 1.70 bits per heavy atom. The van der Waals surface area contributed by atoms with Gasteiger partial charge in [-0.15, -0.1) is 0 Å². The molecule has 2 N–H and O–H groups in total. The number of ketones is 1. The molecule has 0 saturated carbocycles. The zero-order chi connectivity index (χ0) is 29.9. The molecule has 0 bridgehead atoms. The summed E-state index contributed by atoms with van der Waals surface area (Å²) in [7, 11) is 0. The van der Waals surface area contributed by atoms with E-state index in [1.54, 1.807) is 0 Å². The summed E-state index contributed by atoms with van der Waals surface area (Å²) < 4.78 is 98.9. The maximum absolute atomic E-state index is 13.8. The SMILES string of the molecule is CC[C@@H](C(=O)N[C@@H](CC(=O)O)C(=O)COc1c(F)c(F)cc(F)c1F)n1cnc2ccc(C(F)(F)F)cc2c1=O. The quantitative estimate of drug-likeness (QED) is 0.279. The van der Waals surface area contributed by atoms with Gasteiger partial charge < -0.3 is 15.2 Å². The van der Waals surface area contributed by atoms with Gasteiger partial charge in [-0.05, 0) is 24.6 Å². The standard InChI is InChI=1S/C24H18F7N3O6/c1-2-16(34-9-32-14-4-3-10(24(29,30)31)5-11(14)23(34)39)22(38)33-15(7-18(36)37)17(35)8-40-21-19(27)12(25)6-13(26)20(21)28/h3-6,9,15-16H,2,7-8H2,1H3,(H,33,38)(H,36,37)/t15-,16-/m0/s1. The van der Waals surface area contributed by atoms with Crippen LogP contribution in [-0.4, -0.2) is 45.0 Å². The lowest BCUT2D eigenvalue weighted by molar-refractivity contribution is -0.141. The normalized spacial score (nSPS) is 13.1. The molecule has 3 rings (SSSR count). The number of carbonyl (C=O) groups excluding carboxylic acids is 2. The van der Waals surface area contributed by atoms with Gasteiger partial charge in [0.25, 0.3) is 5.56 Å². The molecular formula is C24H18F7N3O6. The molecule has 40 heavy (non-hydrogen) atoms. The van der Waals surface area contributed by atoms with Gasteiger partial charge in [0.15, 0.2) is 23.2 Å². The van der Waals surface area contributed by atoms with Gasteiger partial charge in [0, 0.05) is 6.07 Å². The second-order valence-electron chi connectivity index (χ2n) is 8.32. The lowest BCUT2D eigenvalue weighted by atomic mass is 10.1. The van der Waals surface area contributed by atoms with Crippen molar-refractivity contribution in [1.82, 2.24) is 14.9 Å². The average Bonchev–Trinajstić information content (AvgIpc) is 2.87. The van der Waals surface area contributed by atoms with E-state index >= 15 is 0 Å². The van der Waals surface area contributed by atoms with Gasteiger partial charge in [-0.1, -0.05) is 6.92 Å². The number of ether oxygens (including phenoxy) is 1. The van der Waals surface area contributed by atoms with Crippen molar-refractivity contribution >= 4 is 28.6 Å². The number of fused-ring (bicyclic) bond motifs is 1. The van der Waals surface area contributed by atoms with Crippen molar-refractivity contribution in [1.29, 1.82) is 0 Å². The summed E-state index contributed by atoms with van der Waals surface area (Å²) in [5.74, 6) is -13.2. The maximum atomic E-state index is 13.8. The average molecular weight is 577 g/mol. The van der Waals surface area contributed by atoms with Gasteiger partial charge >= 0.3 is 12.1 Å². The summed E-state index contributed by atoms with van der Waals surface area (Å²) in [6.45, 7) is 0.0671. The molecule has 1 amide bonds. The number of hydrogen-bond donors (Lipinski definition) is 2. The number of rotatable bonds is 10. The highest BCUT2D eigenvalue weighted by atomic mass is 19.4. The van der Waals surface area contributed by atoms with Crippen LogP contribution < -0.4 is 15.6 Å². The first kappa shape index (κ1) is 30.0. The molecule has 0 spiro atoms. The van der Waals surface area contributed by atoms with Crippen LogP contribution in [-0.2, 0) is 20.6 Å². The number of carbonyl (C=O) groups is 3. The summed E-state index contributed by atoms with van der Waals surface area (Å²) in [5.41, 5.74) is -2.29. The molecule has 1 heterocycles. The molecule has 9 nitrogen and oxygen atoms in total. The smallest absolute Gasteiger partial charge is 0.416 e. The van der Waals surface area contributed by atoms with E-state index in [0.29, 0.717) is 16.7 Å². The van der Waals surface area contributed by atoms with Crippen molar-refractivity contribution in [2.45, 2.75) is 38.0 Å². The number of alkyl halides is 3. The number of carboxylic acid groups (broad SMARTS) is 1. The number of aromatic nitrogens is 2. The monoisotopic (exact) mass is 577 g/mol. The van der Waals surface area contributed by atoms with Crippen LogP contribution in [0.2, 0.25) is 0 Å². The van der Waals surface area contributed by atoms with Crippen molar-refractivity contribution in [2.24, 2.45) is 0 Å². The molecule has 0 fully saturated rings. The van der Waals surface area contributed by atoms with Crippen LogP contribution in [0.15, 0.2) is 35.4 Å². The number of carboxylic acids is 1. The Balaban J connectivity index is 1.87. The Kier molecular flexibility index (Phi) is 8.80. The number of nitrogens with one attached hydrogen (secondary N) is 1. The number of amides is 1. The van der Waals surface area contributed by atoms with Gasteiger partial charge in [-0.25, -0.2) is 13.8 Å². The fourth-order valence-corrected chi connectivity index (χ4v) is 3.65. The lowest BCUT2D eigenvalue weighted by Crippen LogP contribution is -2.48. The molecule has 16 heteroatoms. The molecule has 0 saturated heterocycles. The molecule has 214 valence electrons. The number of halogens is 7. The Bertz CT molecular complexity index is 1510. The van der Waals surface area contributed by atoms with Crippen LogP contribution in [0.25, 0.3) is 10.9 Å². The minimum atomic E-state index is -4.78. The number of Topliss-reactive ketones (excluding diaryl/α,β-unsaturated/α-hetero) is 1. The Morgan fingerprint density at radius 1 is 1.07 bits per heavy atom. The summed E-state index contributed by atoms with van der Waals surface area (Å²) in [5, 5.41) is 10.7. The molecule has 0 unspecified atom stereocenters. The first-order valence-electron chi connectivity index (χ1n) is 11.2. The third-order valence-corrected chi connectivity index (χ3v) is 5.65. The first-order chi connectivity index (χ1) is 18.6. The maximum Gasteiger partial charge on any atom is 0.416 e. The van der Waals surface area contributed by atoms with E-state index in [-0.39, 0.29) is 18.0 Å². The highest BCUT2D eigenvalue weighted by molar-refractivity contribution is 5.93. The number of nitrogens with zero attached hydrogens (tertiary/aromatic N) is 2. The summed E-state index contributed by atoms with van der Waals surface area (Å²) >= 11 is 0. The molecule has 0 aliphatic rings. The number of hydrogen-bond acceptors (Lipinski definition) is 6. The Labute approximate surface area is 219 Å². The predicted octanol–water partition coefficient (Wildman–Crippen LogP) is 3.53. The van der Waals surface area contributed by atoms with Crippen LogP contribution in [0.4, 0.5) is 30.7 Å². The summed E-state index contributed by atoms with van der Waals surface area (Å²) in [4.78, 5) is 53.6. The third-order valence-electron chi connectivity index (χ3n) is 5.65. The topological polar surface area (TPSA) is 128 Å². The van der Waals surface area contributed by atoms with E-state index in [2.05, 4.69) is 9.72 Å². The van der Waals surface area contributed by atoms with E-state index in [4.69, 9.17) is 5.11 Å². The van der Waals surface area contributed by atoms with Gasteiger partial charge in [0.2, 0.25) is 17.5 Å². The second kappa shape index (κ2) is 11.7. The molecule has 0 aliphatic heterocycles. The molecule has 0 radical (unpaired) electrons. The minimum Gasteiger partial charge on any atom is -0.481 e. The van der Waals surface area contributed by atoms with Gasteiger partial charge in [0.1, 0.15) is 18.7 Å². The van der Waals surface area contributed by atoms with Crippen LogP contribution >= 0.6 is 0 Å². The van der Waals surface area contributed by atoms with Gasteiger partial charge in [-0.2, -0.15) is 22.0 Å². The van der Waals surface area contributed by atoms with Crippen LogP contribution in [0.1, 0.15) is 31.4 Å². The van der Waals surface area contributed by atoms with Crippen LogP contribution in [0, 0.1) is 23.3 Å². The fourth-order valence-electron chi connectivity index (χ4n) is 3.65. The van der Waals surface area contributed by atoms with E-state index in [1.165, 1.54) is 6.92 Å². The lowest BCUT2D eigenvalue weighted by Gasteiger charge is -2.22. The first-order valence-corrected chi connectivity index (χ1v) is 11.2. The Hall–Kier alpha value is -4.50. The van der Waals surface area contributed by atoms with Crippen molar-refractivity contribution in [3.63, 3.8) is 0 Å². The van der Waals surface area contributed by atoms with E-state index in [0.717, 1.165) is 12.4 Å². The van der Waals surface area contributed by atoms with Crippen molar-refractivity contribution in [3.05, 3.63) is 69.8 Å². The van der Waals surface area contributed by atoms with E-state index in [1.807, 2.05) is 5.32 Å². The van der Waals surface area contributed by atoms with Crippen LogP contribution in [0.3, 0.4) is 0 Å². The Morgan fingerprint density at radius 3 is 2.25 bits per heavy atom. The number of aliphatic carboxylic acids is 1. The third kappa shape index (κ3) is 6.38. The fraction of sp³-hybridized carbons (Fsp3) is 0.292. The highest BCUT2D eigenvalue weighted by Gasteiger charge is 2.32. The largest absolute Gasteiger partial charge is 0.481 e. The van der Waals surface area contributed by atoms with Gasteiger partial charge in [-0.3, -0.25) is 23.7 Å². The van der Waals surface area contributed by atoms with Gasteiger partial charge in [0.05, 0.1) is 29.2 Å². The predicted molar refractivity (Wildman–Crippen MR) is 121 cm³/mol. The second-order valence-corrected chi connectivity index (χ2v) is 8.32. The van der Waals surface area contributed by atoms with Crippen molar-refractivity contribution in [3.8, 4) is 5.75 Å². The van der Waals surface area contributed by atoms with Crippen molar-refractivity contribution < 1.29 is 55.0 Å². The zero-order valence-corrected chi connectivity index (χ0v) is 20.2. The number of benzene rings is 2. The van der Waals surface area contributed by atoms with Crippen molar-refractivity contribution in [2.75, 3.05) is 6.61 Å². The minimum absolute atomic E-state index is 0.103. The molecule has 0 aliphatic carbocycles. The molecule has 1 aromatic heterocycles. The molecular weight excluding hydrogens is 559 g/mol. The molecule has 2 aromatic carbocycles. The summed E-state index contributed by atoms with van der Waals surface area (Å²) in [6.07, 6.45) is -5.15. The molecule has 2 atom stereocenters. The van der Waals surface area contributed by atoms with Crippen LogP contribution in [0.5, 0.6) is 5.75 Å². The molecule has 3 aromatic rings.